The molecule has 7 atom stereocenters. The third-order valence-electron chi connectivity index (χ3n) is 9.88. The summed E-state index contributed by atoms with van der Waals surface area (Å²) in [5, 5.41) is 9.15. The van der Waals surface area contributed by atoms with Crippen molar-refractivity contribution in [3.8, 4) is 0 Å². The van der Waals surface area contributed by atoms with E-state index in [-0.39, 0.29) is 11.3 Å². The van der Waals surface area contributed by atoms with Crippen molar-refractivity contribution in [1.82, 2.24) is 0 Å². The Morgan fingerprint density at radius 2 is 1.90 bits per heavy atom. The van der Waals surface area contributed by atoms with Crippen LogP contribution < -0.4 is 0 Å². The first-order valence-electron chi connectivity index (χ1n) is 12.3. The molecule has 166 valence electrons. The summed E-state index contributed by atoms with van der Waals surface area (Å²) in [6.45, 7) is 9.24. The molecule has 0 heterocycles. The molecular weight excluding hydrogens is 372 g/mol. The molecule has 30 heavy (non-hydrogen) atoms. The van der Waals surface area contributed by atoms with Gasteiger partial charge >= 0.3 is 5.97 Å². The lowest BCUT2D eigenvalue weighted by Gasteiger charge is -2.55. The summed E-state index contributed by atoms with van der Waals surface area (Å²) in [5.74, 6) is 2.20. The van der Waals surface area contributed by atoms with Gasteiger partial charge in [-0.25, -0.2) is 0 Å². The van der Waals surface area contributed by atoms with E-state index >= 15 is 0 Å². The highest BCUT2D eigenvalue weighted by Gasteiger charge is 2.56. The Labute approximate surface area is 182 Å². The first-order chi connectivity index (χ1) is 14.2. The zero-order chi connectivity index (χ0) is 21.7. The fourth-order valence-electron chi connectivity index (χ4n) is 7.90. The van der Waals surface area contributed by atoms with Gasteiger partial charge < -0.3 is 5.11 Å². The Morgan fingerprint density at radius 3 is 2.63 bits per heavy atom. The number of allylic oxidation sites excluding steroid dienone is 4. The Hall–Kier alpha value is -1.38. The predicted molar refractivity (Wildman–Crippen MR) is 120 cm³/mol. The van der Waals surface area contributed by atoms with Crippen LogP contribution in [0.25, 0.3) is 0 Å². The molecule has 2 saturated carbocycles. The Kier molecular flexibility index (Phi) is 5.79. The van der Waals surface area contributed by atoms with Crippen molar-refractivity contribution in [2.75, 3.05) is 0 Å². The number of carboxylic acid groups (broad SMARTS) is 1. The van der Waals surface area contributed by atoms with Crippen LogP contribution in [-0.4, -0.2) is 16.9 Å². The first-order valence-corrected chi connectivity index (χ1v) is 12.3. The minimum absolute atomic E-state index is 0.204. The van der Waals surface area contributed by atoms with Crippen molar-refractivity contribution in [1.29, 1.82) is 0 Å². The zero-order valence-electron chi connectivity index (χ0n) is 19.4. The molecule has 0 aromatic rings. The number of carbonyl (C=O) groups excluding carboxylic acids is 1. The smallest absolute Gasteiger partial charge is 0.306 e. The summed E-state index contributed by atoms with van der Waals surface area (Å²) in [5.41, 5.74) is 3.72. The van der Waals surface area contributed by atoms with Crippen LogP contribution >= 0.6 is 0 Å². The predicted octanol–water partition coefficient (Wildman–Crippen LogP) is 6.58. The molecule has 0 saturated heterocycles. The second kappa shape index (κ2) is 7.95. The molecule has 3 nitrogen and oxygen atoms in total. The van der Waals surface area contributed by atoms with Crippen molar-refractivity contribution >= 4 is 11.8 Å². The number of aliphatic carboxylic acids is 1. The minimum Gasteiger partial charge on any atom is -0.481 e. The summed E-state index contributed by atoms with van der Waals surface area (Å²) >= 11 is 0. The van der Waals surface area contributed by atoms with E-state index in [9.17, 15) is 9.59 Å². The van der Waals surface area contributed by atoms with Crippen LogP contribution in [0.15, 0.2) is 23.3 Å². The third-order valence-corrected chi connectivity index (χ3v) is 9.88. The summed E-state index contributed by atoms with van der Waals surface area (Å²) in [7, 11) is 0. The highest BCUT2D eigenvalue weighted by Crippen LogP contribution is 2.66. The van der Waals surface area contributed by atoms with Gasteiger partial charge in [0.15, 0.2) is 5.78 Å². The van der Waals surface area contributed by atoms with E-state index in [1.54, 1.807) is 5.57 Å². The number of hydrogen-bond acceptors (Lipinski definition) is 2. The van der Waals surface area contributed by atoms with Crippen molar-refractivity contribution < 1.29 is 14.7 Å². The molecule has 4 aliphatic carbocycles. The van der Waals surface area contributed by atoms with Crippen molar-refractivity contribution in [3.05, 3.63) is 23.3 Å². The Bertz CT molecular complexity index is 777. The molecule has 1 N–H and O–H groups in total. The molecule has 4 aliphatic rings. The van der Waals surface area contributed by atoms with Crippen LogP contribution in [0.1, 0.15) is 91.9 Å². The largest absolute Gasteiger partial charge is 0.481 e. The molecular formula is C27H40O3. The van der Waals surface area contributed by atoms with Gasteiger partial charge in [-0.1, -0.05) is 57.8 Å². The van der Waals surface area contributed by atoms with Gasteiger partial charge in [0.1, 0.15) is 0 Å². The molecule has 0 bridgehead atoms. The van der Waals surface area contributed by atoms with Gasteiger partial charge in [-0.3, -0.25) is 9.59 Å². The maximum Gasteiger partial charge on any atom is 0.306 e. The molecule has 3 unspecified atom stereocenters. The van der Waals surface area contributed by atoms with E-state index in [1.165, 1.54) is 31.3 Å². The number of hydrogen-bond donors (Lipinski definition) is 1. The molecule has 0 aliphatic heterocycles. The van der Waals surface area contributed by atoms with Crippen LogP contribution in [-0.2, 0) is 9.59 Å². The fourth-order valence-corrected chi connectivity index (χ4v) is 7.90. The average molecular weight is 413 g/mol. The third kappa shape index (κ3) is 3.50. The average Bonchev–Trinajstić information content (AvgIpc) is 3.05. The maximum absolute atomic E-state index is 12.0. The Balaban J connectivity index is 1.48. The number of rotatable bonds is 6. The van der Waals surface area contributed by atoms with Crippen LogP contribution in [0, 0.1) is 40.4 Å². The highest BCUT2D eigenvalue weighted by molar-refractivity contribution is 5.91. The van der Waals surface area contributed by atoms with Crippen LogP contribution in [0.2, 0.25) is 0 Å². The minimum atomic E-state index is -0.663. The van der Waals surface area contributed by atoms with Crippen LogP contribution in [0.3, 0.4) is 0 Å². The van der Waals surface area contributed by atoms with Gasteiger partial charge in [0, 0.05) is 6.42 Å². The van der Waals surface area contributed by atoms with Crippen LogP contribution in [0.4, 0.5) is 0 Å². The molecule has 0 aromatic heterocycles. The van der Waals surface area contributed by atoms with Gasteiger partial charge in [0.2, 0.25) is 0 Å². The van der Waals surface area contributed by atoms with E-state index in [1.807, 2.05) is 13.0 Å². The van der Waals surface area contributed by atoms with Crippen molar-refractivity contribution in [2.24, 2.45) is 40.4 Å². The van der Waals surface area contributed by atoms with Gasteiger partial charge in [-0.15, -0.1) is 0 Å². The first kappa shape index (κ1) is 21.8. The lowest BCUT2D eigenvalue weighted by atomic mass is 9.50. The summed E-state index contributed by atoms with van der Waals surface area (Å²) in [6.07, 6.45) is 15.4. The van der Waals surface area contributed by atoms with E-state index in [2.05, 4.69) is 26.8 Å². The Morgan fingerprint density at radius 1 is 1.13 bits per heavy atom. The zero-order valence-corrected chi connectivity index (χ0v) is 19.4. The standard InChI is InChI=1S/C27H40O3/c1-17(6-5-7-18(2)25(29)30)22-10-11-23-21-9-8-19-16-20(28)12-14-26(19,3)24(21)13-15-27(22,23)4/h9,16-18,22-24H,5-8,10-15H2,1-4H3,(H,29,30)/t17?,18-,22-,23?,24?,26+,27-/m1/s1. The molecule has 0 radical (unpaired) electrons. The van der Waals surface area contributed by atoms with Crippen LogP contribution in [0.5, 0.6) is 0 Å². The van der Waals surface area contributed by atoms with Crippen molar-refractivity contribution in [3.63, 3.8) is 0 Å². The quantitative estimate of drug-likeness (QED) is 0.501. The number of carbonyl (C=O) groups is 2. The second-order valence-corrected chi connectivity index (χ2v) is 11.4. The molecule has 0 amide bonds. The number of fused-ring (bicyclic) bond motifs is 5. The maximum atomic E-state index is 12.0. The SMILES string of the molecule is CC(CCC[C@@H](C)C(=O)O)[C@H]1CCC2C3=CCC4=CC(=O)CC[C@]4(C)C3CC[C@@]21C. The topological polar surface area (TPSA) is 54.4 Å². The monoisotopic (exact) mass is 412 g/mol. The summed E-state index contributed by atoms with van der Waals surface area (Å²) in [4.78, 5) is 23.1. The lowest BCUT2D eigenvalue weighted by molar-refractivity contribution is -0.141. The molecule has 3 heteroatoms. The second-order valence-electron chi connectivity index (χ2n) is 11.4. The number of carboxylic acids is 1. The highest BCUT2D eigenvalue weighted by atomic mass is 16.4. The van der Waals surface area contributed by atoms with E-state index in [4.69, 9.17) is 5.11 Å². The van der Waals surface area contributed by atoms with Crippen molar-refractivity contribution in [2.45, 2.75) is 91.9 Å². The number of ketones is 1. The van der Waals surface area contributed by atoms with Gasteiger partial charge in [0.25, 0.3) is 0 Å². The van der Waals surface area contributed by atoms with Gasteiger partial charge in [0.05, 0.1) is 5.92 Å². The lowest BCUT2D eigenvalue weighted by Crippen LogP contribution is -2.46. The molecule has 0 aromatic carbocycles. The van der Waals surface area contributed by atoms with Gasteiger partial charge in [-0.05, 0) is 85.5 Å². The molecule has 4 rings (SSSR count). The molecule has 2 fully saturated rings. The summed E-state index contributed by atoms with van der Waals surface area (Å²) in [6, 6.07) is 0. The fraction of sp³-hybridized carbons (Fsp3) is 0.778. The van der Waals surface area contributed by atoms with E-state index in [0.29, 0.717) is 29.0 Å². The summed E-state index contributed by atoms with van der Waals surface area (Å²) < 4.78 is 0. The molecule has 0 spiro atoms. The van der Waals surface area contributed by atoms with E-state index < -0.39 is 5.97 Å². The normalized spacial score (nSPS) is 39.9. The van der Waals surface area contributed by atoms with E-state index in [0.717, 1.165) is 44.4 Å². The van der Waals surface area contributed by atoms with Gasteiger partial charge in [-0.2, -0.15) is 0 Å².